The number of nitriles is 1. The molecule has 0 aromatic heterocycles. The molecule has 23 heavy (non-hydrogen) atoms. The smallest absolute Gasteiger partial charge is 0.312 e. The molecule has 2 fully saturated rings. The van der Waals surface area contributed by atoms with Gasteiger partial charge in [-0.15, -0.1) is 0 Å². The molecule has 1 aliphatic heterocycles. The topological polar surface area (TPSA) is 64.4 Å². The van der Waals surface area contributed by atoms with E-state index in [9.17, 15) is 9.59 Å². The molecule has 1 aliphatic carbocycles. The van der Waals surface area contributed by atoms with Gasteiger partial charge in [-0.2, -0.15) is 5.26 Å². The Bertz CT molecular complexity index is 749. The minimum absolute atomic E-state index is 0.123. The Balaban J connectivity index is 2.12. The molecule has 1 saturated heterocycles. The molecule has 5 nitrogen and oxygen atoms in total. The molecule has 2 atom stereocenters. The Hall–Kier alpha value is -2.35. The lowest BCUT2D eigenvalue weighted by atomic mass is 9.87. The minimum Gasteiger partial charge on any atom is -0.312 e. The third-order valence-corrected chi connectivity index (χ3v) is 5.78. The van der Waals surface area contributed by atoms with Crippen molar-refractivity contribution in [3.63, 3.8) is 0 Å². The predicted molar refractivity (Wildman–Crippen MR) is 87.0 cm³/mol. The lowest BCUT2D eigenvalue weighted by Crippen LogP contribution is -2.50. The minimum atomic E-state index is -0.703. The molecule has 120 valence electrons. The largest absolute Gasteiger partial charge is 0.332 e. The number of hydrogen-bond donors (Lipinski definition) is 0. The first kappa shape index (κ1) is 15.5. The van der Waals surface area contributed by atoms with Crippen LogP contribution in [-0.2, 0) is 4.79 Å². The van der Waals surface area contributed by atoms with E-state index in [-0.39, 0.29) is 17.9 Å². The van der Waals surface area contributed by atoms with Crippen LogP contribution in [0.2, 0.25) is 0 Å². The number of anilines is 1. The van der Waals surface area contributed by atoms with Gasteiger partial charge in [0.15, 0.2) is 0 Å². The Morgan fingerprint density at radius 3 is 2.52 bits per heavy atom. The number of hydrogen-bond acceptors (Lipinski definition) is 3. The third-order valence-electron chi connectivity index (χ3n) is 5.78. The number of carbonyl (C=O) groups excluding carboxylic acids is 2. The van der Waals surface area contributed by atoms with Crippen LogP contribution in [0.3, 0.4) is 0 Å². The fourth-order valence-electron chi connectivity index (χ4n) is 4.11. The van der Waals surface area contributed by atoms with Crippen molar-refractivity contribution in [2.45, 2.75) is 45.6 Å². The van der Waals surface area contributed by atoms with Gasteiger partial charge in [0.05, 0.1) is 17.3 Å². The van der Waals surface area contributed by atoms with Gasteiger partial charge in [-0.1, -0.05) is 13.3 Å². The van der Waals surface area contributed by atoms with Gasteiger partial charge in [-0.25, -0.2) is 9.69 Å². The van der Waals surface area contributed by atoms with Crippen molar-refractivity contribution in [2.24, 2.45) is 5.92 Å². The molecule has 1 aromatic rings. The standard InChI is InChI=1S/C18H21N3O2/c1-11-6-5-9-18(11)16(22)21(17(23)20(18)4)15-8-7-14(10-19)12(2)13(15)3/h7-8,11H,5-6,9H2,1-4H3. The molecule has 1 heterocycles. The van der Waals surface area contributed by atoms with Crippen LogP contribution in [0.25, 0.3) is 0 Å². The van der Waals surface area contributed by atoms with Crippen molar-refractivity contribution in [3.05, 3.63) is 28.8 Å². The summed E-state index contributed by atoms with van der Waals surface area (Å²) in [4.78, 5) is 28.9. The second-order valence-corrected chi connectivity index (χ2v) is 6.69. The first-order valence-electron chi connectivity index (χ1n) is 7.99. The number of carbonyl (C=O) groups is 2. The summed E-state index contributed by atoms with van der Waals surface area (Å²) in [7, 11) is 1.73. The molecular formula is C18H21N3O2. The summed E-state index contributed by atoms with van der Waals surface area (Å²) >= 11 is 0. The quantitative estimate of drug-likeness (QED) is 0.748. The Labute approximate surface area is 136 Å². The summed E-state index contributed by atoms with van der Waals surface area (Å²) in [6, 6.07) is 5.27. The molecule has 3 amide bonds. The first-order chi connectivity index (χ1) is 10.9. The van der Waals surface area contributed by atoms with Crippen molar-refractivity contribution in [1.82, 2.24) is 4.90 Å². The number of urea groups is 1. The average Bonchev–Trinajstić information content (AvgIpc) is 3.00. The molecule has 5 heteroatoms. The first-order valence-corrected chi connectivity index (χ1v) is 7.99. The molecule has 1 aromatic carbocycles. The van der Waals surface area contributed by atoms with Gasteiger partial charge < -0.3 is 4.90 Å². The van der Waals surface area contributed by atoms with Crippen LogP contribution in [0, 0.1) is 31.1 Å². The van der Waals surface area contributed by atoms with Crippen LogP contribution < -0.4 is 4.90 Å². The van der Waals surface area contributed by atoms with Gasteiger partial charge in [0.2, 0.25) is 0 Å². The van der Waals surface area contributed by atoms with Gasteiger partial charge >= 0.3 is 6.03 Å². The molecule has 0 bridgehead atoms. The molecule has 0 N–H and O–H groups in total. The van der Waals surface area contributed by atoms with E-state index >= 15 is 0 Å². The lowest BCUT2D eigenvalue weighted by Gasteiger charge is -2.32. The van der Waals surface area contributed by atoms with E-state index in [2.05, 4.69) is 13.0 Å². The lowest BCUT2D eigenvalue weighted by molar-refractivity contribution is -0.126. The highest BCUT2D eigenvalue weighted by molar-refractivity contribution is 6.23. The zero-order valence-electron chi connectivity index (χ0n) is 14.0. The number of rotatable bonds is 1. The van der Waals surface area contributed by atoms with Crippen LogP contribution >= 0.6 is 0 Å². The number of benzene rings is 1. The van der Waals surface area contributed by atoms with Gasteiger partial charge in [0.1, 0.15) is 5.54 Å². The van der Waals surface area contributed by atoms with Crippen LogP contribution in [0.1, 0.15) is 42.9 Å². The Morgan fingerprint density at radius 1 is 1.26 bits per heavy atom. The maximum atomic E-state index is 13.2. The van der Waals surface area contributed by atoms with Crippen LogP contribution in [0.15, 0.2) is 12.1 Å². The number of likely N-dealkylation sites (N-methyl/N-ethyl adjacent to an activating group) is 1. The summed E-state index contributed by atoms with van der Waals surface area (Å²) in [5.41, 5.74) is 2.09. The van der Waals surface area contributed by atoms with Crippen LogP contribution in [0.4, 0.5) is 10.5 Å². The van der Waals surface area contributed by atoms with Gasteiger partial charge in [-0.3, -0.25) is 4.79 Å². The highest BCUT2D eigenvalue weighted by Crippen LogP contribution is 2.46. The molecule has 1 saturated carbocycles. The Morgan fingerprint density at radius 2 is 1.96 bits per heavy atom. The SMILES string of the molecule is Cc1c(C#N)ccc(N2C(=O)N(C)C3(CCCC3C)C2=O)c1C. The summed E-state index contributed by atoms with van der Waals surface area (Å²) in [6.07, 6.45) is 2.65. The maximum absolute atomic E-state index is 13.2. The van der Waals surface area contributed by atoms with E-state index in [0.29, 0.717) is 11.3 Å². The summed E-state index contributed by atoms with van der Waals surface area (Å²) < 4.78 is 0. The second-order valence-electron chi connectivity index (χ2n) is 6.69. The summed E-state index contributed by atoms with van der Waals surface area (Å²) in [5.74, 6) is 0.0379. The maximum Gasteiger partial charge on any atom is 0.332 e. The van der Waals surface area contributed by atoms with Crippen molar-refractivity contribution >= 4 is 17.6 Å². The van der Waals surface area contributed by atoms with Gasteiger partial charge in [0, 0.05) is 7.05 Å². The van der Waals surface area contributed by atoms with Crippen molar-refractivity contribution < 1.29 is 9.59 Å². The zero-order valence-corrected chi connectivity index (χ0v) is 14.0. The summed E-state index contributed by atoms with van der Waals surface area (Å²) in [6.45, 7) is 5.75. The van der Waals surface area contributed by atoms with E-state index in [0.717, 1.165) is 30.4 Å². The van der Waals surface area contributed by atoms with Crippen LogP contribution in [-0.4, -0.2) is 29.4 Å². The molecule has 0 radical (unpaired) electrons. The van der Waals surface area contributed by atoms with Gasteiger partial charge in [-0.05, 0) is 55.9 Å². The van der Waals surface area contributed by atoms with E-state index in [1.165, 1.54) is 4.90 Å². The number of nitrogens with zero attached hydrogens (tertiary/aromatic N) is 3. The average molecular weight is 311 g/mol. The molecular weight excluding hydrogens is 290 g/mol. The Kier molecular flexibility index (Phi) is 3.44. The number of amides is 3. The molecule has 1 spiro atoms. The molecule has 2 unspecified atom stereocenters. The molecule has 3 rings (SSSR count). The fraction of sp³-hybridized carbons (Fsp3) is 0.500. The molecule has 2 aliphatic rings. The van der Waals surface area contributed by atoms with Gasteiger partial charge in [0.25, 0.3) is 5.91 Å². The third kappa shape index (κ3) is 1.84. The normalized spacial score (nSPS) is 27.2. The summed E-state index contributed by atoms with van der Waals surface area (Å²) in [5, 5.41) is 9.14. The highest BCUT2D eigenvalue weighted by atomic mass is 16.2. The van der Waals surface area contributed by atoms with E-state index in [1.807, 2.05) is 13.8 Å². The number of imide groups is 1. The van der Waals surface area contributed by atoms with E-state index < -0.39 is 5.54 Å². The fourth-order valence-corrected chi connectivity index (χ4v) is 4.11. The predicted octanol–water partition coefficient (Wildman–Crippen LogP) is 3.13. The second kappa shape index (κ2) is 5.09. The van der Waals surface area contributed by atoms with Crippen molar-refractivity contribution in [3.8, 4) is 6.07 Å². The van der Waals surface area contributed by atoms with E-state index in [4.69, 9.17) is 5.26 Å². The van der Waals surface area contributed by atoms with Crippen molar-refractivity contribution in [2.75, 3.05) is 11.9 Å². The zero-order chi connectivity index (χ0) is 16.9. The van der Waals surface area contributed by atoms with Crippen molar-refractivity contribution in [1.29, 1.82) is 5.26 Å². The van der Waals surface area contributed by atoms with E-state index in [1.54, 1.807) is 24.1 Å². The monoisotopic (exact) mass is 311 g/mol. The highest BCUT2D eigenvalue weighted by Gasteiger charge is 2.60. The van der Waals surface area contributed by atoms with Crippen LogP contribution in [0.5, 0.6) is 0 Å².